The zero-order chi connectivity index (χ0) is 25.1. The Balaban J connectivity index is 1.82. The molecule has 178 valence electrons. The Bertz CT molecular complexity index is 1310. The summed E-state index contributed by atoms with van der Waals surface area (Å²) in [6.45, 7) is 4.04. The number of Topliss-reactive ketones (excluding diaryl/α,β-unsaturated/α-hetero) is 1. The highest BCUT2D eigenvalue weighted by atomic mass is 16.5. The minimum atomic E-state index is -0.787. The van der Waals surface area contributed by atoms with Crippen LogP contribution in [-0.4, -0.2) is 41.3 Å². The molecule has 1 N–H and O–H groups in total. The monoisotopic (exact) mass is 469 g/mol. The van der Waals surface area contributed by atoms with Gasteiger partial charge in [-0.15, -0.1) is 0 Å². The number of carbonyl (C=O) groups excluding carboxylic acids is 3. The van der Waals surface area contributed by atoms with Gasteiger partial charge >= 0.3 is 5.97 Å². The number of aliphatic hydroxyl groups is 1. The number of amides is 1. The molecule has 0 aliphatic carbocycles. The van der Waals surface area contributed by atoms with Crippen LogP contribution < -0.4 is 0 Å². The number of ketones is 1. The van der Waals surface area contributed by atoms with Gasteiger partial charge in [0.2, 0.25) is 0 Å². The molecule has 1 saturated heterocycles. The first-order valence-corrected chi connectivity index (χ1v) is 11.4. The van der Waals surface area contributed by atoms with Crippen LogP contribution >= 0.6 is 0 Å². The highest BCUT2D eigenvalue weighted by Crippen LogP contribution is 2.40. The maximum absolute atomic E-state index is 13.3. The average molecular weight is 470 g/mol. The molecular formula is C29H27NO5. The molecule has 1 unspecified atom stereocenters. The van der Waals surface area contributed by atoms with Crippen molar-refractivity contribution in [3.05, 3.63) is 112 Å². The molecule has 4 rings (SSSR count). The molecular weight excluding hydrogens is 442 g/mol. The van der Waals surface area contributed by atoms with Crippen molar-refractivity contribution in [3.8, 4) is 0 Å². The van der Waals surface area contributed by atoms with E-state index >= 15 is 0 Å². The molecule has 0 aromatic heterocycles. The van der Waals surface area contributed by atoms with Crippen molar-refractivity contribution in [1.29, 1.82) is 0 Å². The molecule has 1 heterocycles. The van der Waals surface area contributed by atoms with E-state index in [1.165, 1.54) is 12.0 Å². The van der Waals surface area contributed by atoms with E-state index in [4.69, 9.17) is 4.74 Å². The molecule has 0 saturated carbocycles. The second kappa shape index (κ2) is 9.97. The number of ether oxygens (including phenoxy) is 1. The molecule has 3 aromatic carbocycles. The zero-order valence-corrected chi connectivity index (χ0v) is 19.9. The summed E-state index contributed by atoms with van der Waals surface area (Å²) in [5.74, 6) is -2.06. The smallest absolute Gasteiger partial charge is 0.337 e. The van der Waals surface area contributed by atoms with Crippen LogP contribution in [-0.2, 0) is 20.7 Å². The van der Waals surface area contributed by atoms with E-state index in [0.717, 1.165) is 16.7 Å². The van der Waals surface area contributed by atoms with Crippen molar-refractivity contribution in [2.24, 2.45) is 0 Å². The maximum Gasteiger partial charge on any atom is 0.337 e. The van der Waals surface area contributed by atoms with Gasteiger partial charge in [0.1, 0.15) is 5.76 Å². The van der Waals surface area contributed by atoms with Crippen LogP contribution in [0.15, 0.2) is 78.4 Å². The third-order valence-corrected chi connectivity index (χ3v) is 6.32. The topological polar surface area (TPSA) is 83.9 Å². The lowest BCUT2D eigenvalue weighted by molar-refractivity contribution is -0.139. The largest absolute Gasteiger partial charge is 0.507 e. The van der Waals surface area contributed by atoms with Crippen molar-refractivity contribution >= 4 is 23.4 Å². The van der Waals surface area contributed by atoms with Gasteiger partial charge in [-0.2, -0.15) is 0 Å². The maximum atomic E-state index is 13.3. The van der Waals surface area contributed by atoms with E-state index in [0.29, 0.717) is 29.7 Å². The van der Waals surface area contributed by atoms with Gasteiger partial charge in [-0.3, -0.25) is 9.59 Å². The molecule has 1 fully saturated rings. The molecule has 0 radical (unpaired) electrons. The fraction of sp³-hybridized carbons (Fsp3) is 0.207. The number of aryl methyl sites for hydroxylation is 2. The van der Waals surface area contributed by atoms with Crippen molar-refractivity contribution < 1.29 is 24.2 Å². The average Bonchev–Trinajstić information content (AvgIpc) is 3.13. The molecule has 1 aliphatic rings. The Kier molecular flexibility index (Phi) is 6.82. The van der Waals surface area contributed by atoms with Crippen LogP contribution in [0.1, 0.15) is 44.2 Å². The number of rotatable bonds is 6. The van der Waals surface area contributed by atoms with Crippen LogP contribution in [0, 0.1) is 13.8 Å². The number of nitrogens with zero attached hydrogens (tertiary/aromatic N) is 1. The Morgan fingerprint density at radius 3 is 2.31 bits per heavy atom. The summed E-state index contributed by atoms with van der Waals surface area (Å²) in [6, 6.07) is 21.1. The quantitative estimate of drug-likeness (QED) is 0.244. The van der Waals surface area contributed by atoms with Crippen LogP contribution in [0.2, 0.25) is 0 Å². The number of likely N-dealkylation sites (tertiary alicyclic amines) is 1. The number of methoxy groups -OCH3 is 1. The van der Waals surface area contributed by atoms with Gasteiger partial charge in [-0.05, 0) is 55.2 Å². The summed E-state index contributed by atoms with van der Waals surface area (Å²) in [5, 5.41) is 11.3. The number of carbonyl (C=O) groups is 3. The molecule has 6 heteroatoms. The van der Waals surface area contributed by atoms with Gasteiger partial charge < -0.3 is 14.7 Å². The Hall–Kier alpha value is -4.19. The van der Waals surface area contributed by atoms with E-state index in [2.05, 4.69) is 0 Å². The lowest BCUT2D eigenvalue weighted by atomic mass is 9.92. The number of benzene rings is 3. The summed E-state index contributed by atoms with van der Waals surface area (Å²) in [7, 11) is 1.30. The molecule has 3 aromatic rings. The summed E-state index contributed by atoms with van der Waals surface area (Å²) in [6.07, 6.45) is 0.550. The Morgan fingerprint density at radius 2 is 1.66 bits per heavy atom. The highest BCUT2D eigenvalue weighted by Gasteiger charge is 2.46. The number of esters is 1. The van der Waals surface area contributed by atoms with Gasteiger partial charge in [0.05, 0.1) is 24.3 Å². The summed E-state index contributed by atoms with van der Waals surface area (Å²) >= 11 is 0. The van der Waals surface area contributed by atoms with E-state index in [9.17, 15) is 19.5 Å². The molecule has 0 spiro atoms. The van der Waals surface area contributed by atoms with Crippen molar-refractivity contribution in [2.75, 3.05) is 13.7 Å². The van der Waals surface area contributed by atoms with E-state index < -0.39 is 23.7 Å². The summed E-state index contributed by atoms with van der Waals surface area (Å²) < 4.78 is 4.78. The minimum Gasteiger partial charge on any atom is -0.507 e. The molecule has 1 atom stereocenters. The molecule has 1 aliphatic heterocycles. The zero-order valence-electron chi connectivity index (χ0n) is 19.9. The van der Waals surface area contributed by atoms with E-state index in [1.807, 2.05) is 56.3 Å². The number of hydrogen-bond donors (Lipinski definition) is 1. The standard InChI is InChI=1S/C29H27NO5/c1-18-9-10-19(2)23(17-18)26(31)24-25(21-11-13-22(14-12-21)29(34)35-3)30(28(33)27(24)32)16-15-20-7-5-4-6-8-20/h4-14,17,25,31H,15-16H2,1-3H3/b26-24+. The second-order valence-corrected chi connectivity index (χ2v) is 8.66. The first-order chi connectivity index (χ1) is 16.8. The normalized spacial score (nSPS) is 17.0. The van der Waals surface area contributed by atoms with Crippen LogP contribution in [0.3, 0.4) is 0 Å². The van der Waals surface area contributed by atoms with Gasteiger partial charge in [0.25, 0.3) is 11.7 Å². The lowest BCUT2D eigenvalue weighted by Gasteiger charge is -2.25. The van der Waals surface area contributed by atoms with Crippen LogP contribution in [0.25, 0.3) is 5.76 Å². The summed E-state index contributed by atoms with van der Waals surface area (Å²) in [4.78, 5) is 39.9. The predicted molar refractivity (Wildman–Crippen MR) is 133 cm³/mol. The van der Waals surface area contributed by atoms with E-state index in [-0.39, 0.29) is 11.3 Å². The molecule has 6 nitrogen and oxygen atoms in total. The van der Waals surface area contributed by atoms with Gasteiger partial charge in [0.15, 0.2) is 0 Å². The van der Waals surface area contributed by atoms with Gasteiger partial charge in [-0.1, -0.05) is 60.2 Å². The van der Waals surface area contributed by atoms with Crippen LogP contribution in [0.5, 0.6) is 0 Å². The third-order valence-electron chi connectivity index (χ3n) is 6.32. The third kappa shape index (κ3) is 4.73. The first-order valence-electron chi connectivity index (χ1n) is 11.4. The van der Waals surface area contributed by atoms with E-state index in [1.54, 1.807) is 30.3 Å². The lowest BCUT2D eigenvalue weighted by Crippen LogP contribution is -2.31. The molecule has 35 heavy (non-hydrogen) atoms. The Morgan fingerprint density at radius 1 is 0.971 bits per heavy atom. The molecule has 0 bridgehead atoms. The fourth-order valence-corrected chi connectivity index (χ4v) is 4.41. The van der Waals surface area contributed by atoms with Crippen molar-refractivity contribution in [1.82, 2.24) is 4.90 Å². The van der Waals surface area contributed by atoms with Crippen molar-refractivity contribution in [3.63, 3.8) is 0 Å². The highest BCUT2D eigenvalue weighted by molar-refractivity contribution is 6.46. The second-order valence-electron chi connectivity index (χ2n) is 8.66. The Labute approximate surface area is 204 Å². The number of aliphatic hydroxyl groups excluding tert-OH is 1. The van der Waals surface area contributed by atoms with Gasteiger partial charge in [0, 0.05) is 12.1 Å². The van der Waals surface area contributed by atoms with Crippen molar-refractivity contribution in [2.45, 2.75) is 26.3 Å². The molecule has 1 amide bonds. The fourth-order valence-electron chi connectivity index (χ4n) is 4.41. The predicted octanol–water partition coefficient (Wildman–Crippen LogP) is 4.75. The SMILES string of the molecule is COC(=O)c1ccc(C2/C(=C(\O)c3cc(C)ccc3C)C(=O)C(=O)N2CCc2ccccc2)cc1. The number of hydrogen-bond acceptors (Lipinski definition) is 5. The minimum absolute atomic E-state index is 0.0441. The first kappa shape index (κ1) is 24.0. The van der Waals surface area contributed by atoms with Gasteiger partial charge in [-0.25, -0.2) is 4.79 Å². The van der Waals surface area contributed by atoms with Crippen LogP contribution in [0.4, 0.5) is 0 Å². The summed E-state index contributed by atoms with van der Waals surface area (Å²) in [5.41, 5.74) is 4.29.